The summed E-state index contributed by atoms with van der Waals surface area (Å²) in [5.74, 6) is -0.514. The number of nitrogens with one attached hydrogen (secondary N) is 1. The van der Waals surface area contributed by atoms with Crippen molar-refractivity contribution in [2.45, 2.75) is 18.9 Å². The van der Waals surface area contributed by atoms with Crippen LogP contribution in [-0.2, 0) is 18.9 Å². The maximum Gasteiger partial charge on any atom is 0.435 e. The summed E-state index contributed by atoms with van der Waals surface area (Å²) >= 11 is 5.63. The quantitative estimate of drug-likeness (QED) is 0.520. The molecule has 2 aromatic carbocycles. The van der Waals surface area contributed by atoms with Gasteiger partial charge in [-0.05, 0) is 29.8 Å². The standard InChI is InChI=1S/C19H12ClF6N3O/c20-14-15(19(24,25)26)28-17(27-13-8-6-12(7-9-13)18(21,22)23)29(16(14)30)10-11-4-2-1-3-5-11/h1-9H,10H2,(H,27,28). The third kappa shape index (κ3) is 4.76. The number of hydrogen-bond acceptors (Lipinski definition) is 3. The molecule has 0 amide bonds. The van der Waals surface area contributed by atoms with Crippen LogP contribution in [0.25, 0.3) is 0 Å². The van der Waals surface area contributed by atoms with E-state index in [0.717, 1.165) is 28.8 Å². The Kier molecular flexibility index (Phi) is 5.80. The summed E-state index contributed by atoms with van der Waals surface area (Å²) in [4.78, 5) is 16.0. The zero-order valence-corrected chi connectivity index (χ0v) is 15.6. The predicted octanol–water partition coefficient (Wildman–Crippen LogP) is 5.73. The molecule has 0 aliphatic carbocycles. The summed E-state index contributed by atoms with van der Waals surface area (Å²) in [5.41, 5.74) is -3.08. The molecule has 0 saturated heterocycles. The zero-order valence-electron chi connectivity index (χ0n) is 14.9. The lowest BCUT2D eigenvalue weighted by Crippen LogP contribution is -2.29. The molecule has 1 aromatic heterocycles. The molecule has 0 radical (unpaired) electrons. The number of halogens is 7. The monoisotopic (exact) mass is 447 g/mol. The minimum absolute atomic E-state index is 0.00663. The molecule has 0 atom stereocenters. The van der Waals surface area contributed by atoms with E-state index in [9.17, 15) is 31.1 Å². The maximum atomic E-state index is 13.2. The van der Waals surface area contributed by atoms with E-state index in [1.807, 2.05) is 0 Å². The van der Waals surface area contributed by atoms with Crippen molar-refractivity contribution in [3.8, 4) is 0 Å². The van der Waals surface area contributed by atoms with Crippen LogP contribution >= 0.6 is 11.6 Å². The van der Waals surface area contributed by atoms with Crippen LogP contribution in [0.2, 0.25) is 5.02 Å². The molecule has 0 aliphatic rings. The van der Waals surface area contributed by atoms with E-state index < -0.39 is 40.1 Å². The first-order chi connectivity index (χ1) is 14.0. The van der Waals surface area contributed by atoms with Crippen molar-refractivity contribution < 1.29 is 26.3 Å². The van der Waals surface area contributed by atoms with Gasteiger partial charge in [0, 0.05) is 5.69 Å². The van der Waals surface area contributed by atoms with Crippen LogP contribution in [0, 0.1) is 0 Å². The van der Waals surface area contributed by atoms with E-state index in [1.165, 1.54) is 0 Å². The highest BCUT2D eigenvalue weighted by Crippen LogP contribution is 2.33. The van der Waals surface area contributed by atoms with Crippen molar-refractivity contribution in [1.29, 1.82) is 0 Å². The molecular weight excluding hydrogens is 436 g/mol. The fourth-order valence-electron chi connectivity index (χ4n) is 2.60. The Morgan fingerprint density at radius 2 is 1.50 bits per heavy atom. The lowest BCUT2D eigenvalue weighted by Gasteiger charge is -2.17. The van der Waals surface area contributed by atoms with Crippen LogP contribution in [0.1, 0.15) is 16.8 Å². The summed E-state index contributed by atoms with van der Waals surface area (Å²) in [5, 5.41) is 1.38. The highest BCUT2D eigenvalue weighted by Gasteiger charge is 2.38. The Morgan fingerprint density at radius 3 is 2.03 bits per heavy atom. The van der Waals surface area contributed by atoms with Gasteiger partial charge in [0.15, 0.2) is 5.69 Å². The second kappa shape index (κ2) is 8.02. The number of benzene rings is 2. The number of alkyl halides is 6. The molecule has 0 unspecified atom stereocenters. The molecule has 0 spiro atoms. The Labute approximate surface area is 170 Å². The smallest absolute Gasteiger partial charge is 0.326 e. The van der Waals surface area contributed by atoms with Crippen molar-refractivity contribution in [2.75, 3.05) is 5.32 Å². The average Bonchev–Trinajstić information content (AvgIpc) is 2.67. The summed E-state index contributed by atoms with van der Waals surface area (Å²) in [7, 11) is 0. The fourth-order valence-corrected chi connectivity index (χ4v) is 2.85. The van der Waals surface area contributed by atoms with Crippen molar-refractivity contribution in [3.05, 3.63) is 86.8 Å². The number of hydrogen-bond donors (Lipinski definition) is 1. The molecule has 0 aliphatic heterocycles. The molecule has 0 saturated carbocycles. The van der Waals surface area contributed by atoms with Gasteiger partial charge in [-0.25, -0.2) is 4.98 Å². The zero-order chi connectivity index (χ0) is 22.1. The van der Waals surface area contributed by atoms with Gasteiger partial charge < -0.3 is 5.32 Å². The van der Waals surface area contributed by atoms with Gasteiger partial charge in [0.1, 0.15) is 5.02 Å². The largest absolute Gasteiger partial charge is 0.435 e. The number of rotatable bonds is 4. The van der Waals surface area contributed by atoms with Crippen LogP contribution in [0.5, 0.6) is 0 Å². The first-order valence-corrected chi connectivity index (χ1v) is 8.70. The molecule has 4 nitrogen and oxygen atoms in total. The normalized spacial score (nSPS) is 12.1. The van der Waals surface area contributed by atoms with Crippen molar-refractivity contribution in [3.63, 3.8) is 0 Å². The van der Waals surface area contributed by atoms with Gasteiger partial charge in [-0.15, -0.1) is 0 Å². The van der Waals surface area contributed by atoms with Crippen molar-refractivity contribution >= 4 is 23.2 Å². The Balaban J connectivity index is 2.08. The van der Waals surface area contributed by atoms with Gasteiger partial charge in [0.05, 0.1) is 12.1 Å². The van der Waals surface area contributed by atoms with Gasteiger partial charge in [0.25, 0.3) is 5.56 Å². The van der Waals surface area contributed by atoms with Crippen LogP contribution < -0.4 is 10.9 Å². The van der Waals surface area contributed by atoms with Crippen molar-refractivity contribution in [1.82, 2.24) is 9.55 Å². The molecule has 30 heavy (non-hydrogen) atoms. The summed E-state index contributed by atoms with van der Waals surface area (Å²) in [6.45, 7) is -0.159. The Hall–Kier alpha value is -3.01. The molecule has 1 heterocycles. The van der Waals surface area contributed by atoms with Crippen LogP contribution in [-0.4, -0.2) is 9.55 Å². The molecule has 3 aromatic rings. The topological polar surface area (TPSA) is 46.9 Å². The van der Waals surface area contributed by atoms with E-state index in [-0.39, 0.29) is 12.2 Å². The Morgan fingerprint density at radius 1 is 0.900 bits per heavy atom. The highest BCUT2D eigenvalue weighted by molar-refractivity contribution is 6.31. The van der Waals surface area contributed by atoms with Gasteiger partial charge in [-0.3, -0.25) is 9.36 Å². The highest BCUT2D eigenvalue weighted by atomic mass is 35.5. The predicted molar refractivity (Wildman–Crippen MR) is 98.8 cm³/mol. The van der Waals surface area contributed by atoms with Crippen molar-refractivity contribution in [2.24, 2.45) is 0 Å². The third-order valence-corrected chi connectivity index (χ3v) is 4.38. The molecule has 158 valence electrons. The molecule has 11 heteroatoms. The molecule has 0 bridgehead atoms. The first kappa shape index (κ1) is 21.7. The molecular formula is C19H12ClF6N3O. The fraction of sp³-hybridized carbons (Fsp3) is 0.158. The van der Waals surface area contributed by atoms with Crippen LogP contribution in [0.4, 0.5) is 38.0 Å². The summed E-state index contributed by atoms with van der Waals surface area (Å²) in [6, 6.07) is 11.9. The summed E-state index contributed by atoms with van der Waals surface area (Å²) < 4.78 is 78.8. The SMILES string of the molecule is O=c1c(Cl)c(C(F)(F)F)nc(Nc2ccc(C(F)(F)F)cc2)n1Cc1ccccc1. The first-order valence-electron chi connectivity index (χ1n) is 8.32. The molecule has 1 N–H and O–H groups in total. The molecule has 3 rings (SSSR count). The van der Waals surface area contributed by atoms with Gasteiger partial charge in [0.2, 0.25) is 5.95 Å². The van der Waals surface area contributed by atoms with E-state index >= 15 is 0 Å². The number of anilines is 2. The minimum atomic E-state index is -5.00. The maximum absolute atomic E-state index is 13.2. The van der Waals surface area contributed by atoms with Gasteiger partial charge >= 0.3 is 12.4 Å². The Bertz CT molecular complexity index is 1090. The number of nitrogens with zero attached hydrogens (tertiary/aromatic N) is 2. The lowest BCUT2D eigenvalue weighted by atomic mass is 10.2. The lowest BCUT2D eigenvalue weighted by molar-refractivity contribution is -0.141. The van der Waals surface area contributed by atoms with Gasteiger partial charge in [-0.1, -0.05) is 41.9 Å². The second-order valence-electron chi connectivity index (χ2n) is 6.17. The van der Waals surface area contributed by atoms with E-state index in [2.05, 4.69) is 10.3 Å². The van der Waals surface area contributed by atoms with E-state index in [0.29, 0.717) is 5.56 Å². The van der Waals surface area contributed by atoms with Gasteiger partial charge in [-0.2, -0.15) is 26.3 Å². The van der Waals surface area contributed by atoms with E-state index in [4.69, 9.17) is 11.6 Å². The average molecular weight is 448 g/mol. The van der Waals surface area contributed by atoms with E-state index in [1.54, 1.807) is 30.3 Å². The molecule has 0 fully saturated rings. The van der Waals surface area contributed by atoms with Crippen LogP contribution in [0.15, 0.2) is 59.4 Å². The number of aromatic nitrogens is 2. The van der Waals surface area contributed by atoms with Crippen LogP contribution in [0.3, 0.4) is 0 Å². The second-order valence-corrected chi connectivity index (χ2v) is 6.55. The minimum Gasteiger partial charge on any atom is -0.326 e. The third-order valence-electron chi connectivity index (χ3n) is 4.03. The summed E-state index contributed by atoms with van der Waals surface area (Å²) in [6.07, 6.45) is -9.57.